The highest BCUT2D eigenvalue weighted by molar-refractivity contribution is 7.27. The van der Waals surface area contributed by atoms with E-state index < -0.39 is 31.7 Å². The predicted molar refractivity (Wildman–Crippen MR) is 80.2 cm³/mol. The van der Waals surface area contributed by atoms with Gasteiger partial charge in [-0.05, 0) is 18.6 Å². The molecule has 0 saturated carbocycles. The van der Waals surface area contributed by atoms with E-state index in [0.717, 1.165) is 5.01 Å². The zero-order valence-corrected chi connectivity index (χ0v) is 12.4. The maximum Gasteiger partial charge on any atom is 0.319 e. The van der Waals surface area contributed by atoms with Gasteiger partial charge in [-0.15, -0.1) is 0 Å². The molecule has 0 aliphatic carbocycles. The van der Waals surface area contributed by atoms with Crippen LogP contribution < -0.4 is 22.2 Å². The number of nitrogens with zero attached hydrogens (tertiary/aromatic N) is 1. The number of benzene rings is 1. The van der Waals surface area contributed by atoms with E-state index in [1.807, 2.05) is 6.07 Å². The lowest BCUT2D eigenvalue weighted by Crippen LogP contribution is -2.69. The van der Waals surface area contributed by atoms with Crippen LogP contribution in [0.15, 0.2) is 30.3 Å². The number of carbonyl (C=O) groups is 2. The minimum absolute atomic E-state index is 0.244. The first-order valence-electron chi connectivity index (χ1n) is 6.42. The second-order valence-corrected chi connectivity index (χ2v) is 6.05. The maximum atomic E-state index is 12.0. The number of amides is 3. The molecule has 9 heteroatoms. The Bertz CT molecular complexity index is 555. The zero-order valence-electron chi connectivity index (χ0n) is 11.3. The molecule has 0 radical (unpaired) electrons. The maximum absolute atomic E-state index is 12.0. The summed E-state index contributed by atoms with van der Waals surface area (Å²) in [6, 6.07) is 7.60. The molecule has 1 heterocycles. The standard InChI is InChI=1S/C12H18N5O3P/c13-12(21-20)9(6-7-17(14)10(12)18)16-11(19)15-8-4-2-1-3-5-8/h1-5,9H,6-7,13-14,21H2,(H2,15,16,19)/t9?,12-/m0/s1. The number of nitrogens with two attached hydrogens (primary N) is 2. The van der Waals surface area contributed by atoms with Crippen molar-refractivity contribution >= 4 is 26.1 Å². The van der Waals surface area contributed by atoms with Crippen molar-refractivity contribution in [2.45, 2.75) is 17.7 Å². The van der Waals surface area contributed by atoms with E-state index in [4.69, 9.17) is 11.6 Å². The second-order valence-electron chi connectivity index (χ2n) is 4.86. The number of carbonyl (C=O) groups excluding carboxylic acids is 2. The van der Waals surface area contributed by atoms with Crippen molar-refractivity contribution in [1.29, 1.82) is 0 Å². The molecular formula is C12H18N5O3P. The third-order valence-electron chi connectivity index (χ3n) is 3.40. The molecule has 0 bridgehead atoms. The van der Waals surface area contributed by atoms with Gasteiger partial charge >= 0.3 is 6.03 Å². The Hall–Kier alpha value is -1.89. The van der Waals surface area contributed by atoms with Crippen molar-refractivity contribution in [3.63, 3.8) is 0 Å². The number of nitrogens with one attached hydrogen (secondary N) is 2. The number of urea groups is 1. The van der Waals surface area contributed by atoms with E-state index in [-0.39, 0.29) is 6.54 Å². The Morgan fingerprint density at radius 3 is 2.67 bits per heavy atom. The number of piperidine rings is 1. The van der Waals surface area contributed by atoms with Crippen molar-refractivity contribution in [2.75, 3.05) is 11.9 Å². The quantitative estimate of drug-likeness (QED) is 0.346. The molecule has 3 amide bonds. The van der Waals surface area contributed by atoms with Crippen LogP contribution >= 0.6 is 8.46 Å². The summed E-state index contributed by atoms with van der Waals surface area (Å²) in [6.07, 6.45) is 0.343. The van der Waals surface area contributed by atoms with Gasteiger partial charge in [0.2, 0.25) is 0 Å². The van der Waals surface area contributed by atoms with Crippen LogP contribution in [0.25, 0.3) is 0 Å². The molecule has 1 saturated heterocycles. The first kappa shape index (κ1) is 15.5. The lowest BCUT2D eigenvalue weighted by atomic mass is 9.99. The van der Waals surface area contributed by atoms with Crippen molar-refractivity contribution in [2.24, 2.45) is 11.6 Å². The number of rotatable bonds is 3. The van der Waals surface area contributed by atoms with Crippen molar-refractivity contribution in [3.8, 4) is 0 Å². The van der Waals surface area contributed by atoms with Gasteiger partial charge in [-0.25, -0.2) is 10.6 Å². The first-order chi connectivity index (χ1) is 9.97. The molecule has 2 rings (SSSR count). The molecule has 114 valence electrons. The highest BCUT2D eigenvalue weighted by atomic mass is 31.1. The van der Waals surface area contributed by atoms with E-state index in [9.17, 15) is 14.2 Å². The van der Waals surface area contributed by atoms with Gasteiger partial charge < -0.3 is 20.9 Å². The largest absolute Gasteiger partial charge is 0.332 e. The number of hydrogen-bond acceptors (Lipinski definition) is 5. The average Bonchev–Trinajstić information content (AvgIpc) is 2.49. The van der Waals surface area contributed by atoms with Crippen molar-refractivity contribution in [1.82, 2.24) is 10.3 Å². The lowest BCUT2D eigenvalue weighted by molar-refractivity contribution is -0.137. The Kier molecular flexibility index (Phi) is 4.62. The fraction of sp³-hybridized carbons (Fsp3) is 0.333. The van der Waals surface area contributed by atoms with E-state index in [1.54, 1.807) is 24.3 Å². The summed E-state index contributed by atoms with van der Waals surface area (Å²) < 4.78 is 11.4. The summed E-state index contributed by atoms with van der Waals surface area (Å²) >= 11 is 0. The van der Waals surface area contributed by atoms with E-state index in [2.05, 4.69) is 10.6 Å². The molecule has 1 aromatic carbocycles. The fourth-order valence-corrected chi connectivity index (χ4v) is 2.86. The molecule has 6 N–H and O–H groups in total. The summed E-state index contributed by atoms with van der Waals surface area (Å²) in [4.78, 5) is 23.9. The molecular weight excluding hydrogens is 293 g/mol. The van der Waals surface area contributed by atoms with Crippen molar-refractivity contribution in [3.05, 3.63) is 30.3 Å². The van der Waals surface area contributed by atoms with Crippen LogP contribution in [-0.2, 0) is 9.36 Å². The summed E-state index contributed by atoms with van der Waals surface area (Å²) in [6.45, 7) is 0.244. The number of hydrazine groups is 1. The topological polar surface area (TPSA) is 131 Å². The second kappa shape index (κ2) is 6.26. The summed E-state index contributed by atoms with van der Waals surface area (Å²) in [5.41, 5.74) is 6.50. The third kappa shape index (κ3) is 3.24. The molecule has 1 fully saturated rings. The Labute approximate surface area is 123 Å². The first-order valence-corrected chi connectivity index (χ1v) is 7.46. The number of anilines is 1. The zero-order chi connectivity index (χ0) is 15.5. The number of hydrogen-bond donors (Lipinski definition) is 4. The smallest absolute Gasteiger partial charge is 0.319 e. The molecule has 8 nitrogen and oxygen atoms in total. The van der Waals surface area contributed by atoms with E-state index in [0.29, 0.717) is 12.1 Å². The molecule has 0 aromatic heterocycles. The van der Waals surface area contributed by atoms with Gasteiger partial charge in [0.1, 0.15) is 0 Å². The average molecular weight is 311 g/mol. The summed E-state index contributed by atoms with van der Waals surface area (Å²) in [7, 11) is -1.63. The Morgan fingerprint density at radius 2 is 2.05 bits per heavy atom. The van der Waals surface area contributed by atoms with Crippen LogP contribution in [0.1, 0.15) is 6.42 Å². The lowest BCUT2D eigenvalue weighted by Gasteiger charge is -2.40. The van der Waals surface area contributed by atoms with Gasteiger partial charge in [0, 0.05) is 12.2 Å². The summed E-state index contributed by atoms with van der Waals surface area (Å²) in [5.74, 6) is 4.87. The third-order valence-corrected chi connectivity index (χ3v) is 4.44. The van der Waals surface area contributed by atoms with Gasteiger partial charge in [0.25, 0.3) is 5.91 Å². The van der Waals surface area contributed by atoms with Gasteiger partial charge in [0.05, 0.1) is 14.5 Å². The Balaban J connectivity index is 2.06. The van der Waals surface area contributed by atoms with Crippen LogP contribution in [-0.4, -0.2) is 34.8 Å². The Morgan fingerprint density at radius 1 is 1.38 bits per heavy atom. The van der Waals surface area contributed by atoms with Crippen LogP contribution in [0, 0.1) is 0 Å². The van der Waals surface area contributed by atoms with Gasteiger partial charge in [-0.3, -0.25) is 9.80 Å². The van der Waals surface area contributed by atoms with E-state index >= 15 is 0 Å². The molecule has 3 atom stereocenters. The summed E-state index contributed by atoms with van der Waals surface area (Å²) in [5, 5.41) is 4.53. The molecule has 2 unspecified atom stereocenters. The molecule has 0 spiro atoms. The highest BCUT2D eigenvalue weighted by Crippen LogP contribution is 2.29. The van der Waals surface area contributed by atoms with Gasteiger partial charge in [-0.1, -0.05) is 18.2 Å². The van der Waals surface area contributed by atoms with Crippen LogP contribution in [0.4, 0.5) is 10.5 Å². The van der Waals surface area contributed by atoms with Crippen LogP contribution in [0.3, 0.4) is 0 Å². The monoisotopic (exact) mass is 311 g/mol. The predicted octanol–water partition coefficient (Wildman–Crippen LogP) is -0.306. The normalized spacial score (nSPS) is 26.1. The van der Waals surface area contributed by atoms with Gasteiger partial charge in [0.15, 0.2) is 5.28 Å². The molecule has 1 aromatic rings. The molecule has 1 aliphatic heterocycles. The minimum atomic E-state index is -1.64. The van der Waals surface area contributed by atoms with Crippen LogP contribution in [0.2, 0.25) is 0 Å². The fourth-order valence-electron chi connectivity index (χ4n) is 2.18. The highest BCUT2D eigenvalue weighted by Gasteiger charge is 2.47. The number of para-hydroxylation sites is 1. The van der Waals surface area contributed by atoms with Crippen molar-refractivity contribution < 1.29 is 14.2 Å². The molecule has 21 heavy (non-hydrogen) atoms. The molecule has 1 aliphatic rings. The SMILES string of the molecule is NN1CCC(NC(=O)Nc2ccccc2)[C@](N)([PH2]=O)C1=O. The van der Waals surface area contributed by atoms with Crippen LogP contribution in [0.5, 0.6) is 0 Å². The van der Waals surface area contributed by atoms with E-state index in [1.165, 1.54) is 0 Å². The van der Waals surface area contributed by atoms with Gasteiger partial charge in [-0.2, -0.15) is 0 Å². The minimum Gasteiger partial charge on any atom is -0.332 e.